The third-order valence-corrected chi connectivity index (χ3v) is 5.85. The summed E-state index contributed by atoms with van der Waals surface area (Å²) in [6.07, 6.45) is 3.86. The normalized spacial score (nSPS) is 17.7. The van der Waals surface area contributed by atoms with E-state index in [9.17, 15) is 4.79 Å². The number of anilines is 1. The van der Waals surface area contributed by atoms with Crippen LogP contribution < -0.4 is 24.3 Å². The lowest BCUT2D eigenvalue weighted by atomic mass is 10.1. The van der Waals surface area contributed by atoms with Crippen LogP contribution in [0.2, 0.25) is 0 Å². The molecule has 1 unspecified atom stereocenters. The van der Waals surface area contributed by atoms with Gasteiger partial charge in [-0.05, 0) is 56.3 Å². The molecule has 1 saturated heterocycles. The van der Waals surface area contributed by atoms with Crippen LogP contribution in [0.4, 0.5) is 5.69 Å². The number of carbonyl (C=O) groups is 1. The van der Waals surface area contributed by atoms with E-state index in [1.807, 2.05) is 68.3 Å². The van der Waals surface area contributed by atoms with Crippen LogP contribution in [0.15, 0.2) is 30.3 Å². The molecular weight excluding hydrogens is 424 g/mol. The van der Waals surface area contributed by atoms with Gasteiger partial charge in [-0.15, -0.1) is 0 Å². The number of rotatable bonds is 8. The third kappa shape index (κ3) is 5.23. The van der Waals surface area contributed by atoms with Crippen LogP contribution in [0.5, 0.6) is 23.0 Å². The summed E-state index contributed by atoms with van der Waals surface area (Å²) >= 11 is 0. The molecule has 8 nitrogen and oxygen atoms in total. The van der Waals surface area contributed by atoms with E-state index < -0.39 is 5.72 Å². The molecule has 0 radical (unpaired) electrons. The lowest BCUT2D eigenvalue weighted by Gasteiger charge is -2.28. The van der Waals surface area contributed by atoms with E-state index in [1.165, 1.54) is 0 Å². The van der Waals surface area contributed by atoms with Crippen molar-refractivity contribution < 1.29 is 28.5 Å². The van der Waals surface area contributed by atoms with E-state index in [1.54, 1.807) is 28.4 Å². The van der Waals surface area contributed by atoms with Crippen molar-refractivity contribution in [2.45, 2.75) is 25.6 Å². The Morgan fingerprint density at radius 1 is 0.970 bits per heavy atom. The third-order valence-electron chi connectivity index (χ3n) is 5.85. The van der Waals surface area contributed by atoms with Crippen molar-refractivity contribution in [2.75, 3.05) is 47.4 Å². The second kappa shape index (κ2) is 10.1. The van der Waals surface area contributed by atoms with Crippen LogP contribution >= 0.6 is 0 Å². The summed E-state index contributed by atoms with van der Waals surface area (Å²) in [5.41, 5.74) is 1.86. The molecule has 0 spiro atoms. The largest absolute Gasteiger partial charge is 0.495 e. The van der Waals surface area contributed by atoms with E-state index >= 15 is 0 Å². The summed E-state index contributed by atoms with van der Waals surface area (Å²) in [6.45, 7) is 4.21. The fourth-order valence-corrected chi connectivity index (χ4v) is 3.66. The van der Waals surface area contributed by atoms with E-state index in [4.69, 9.17) is 23.7 Å². The average molecular weight is 457 g/mol. The number of benzene rings is 2. The molecule has 1 N–H and O–H groups in total. The molecule has 1 heterocycles. The maximum Gasteiger partial charge on any atom is 0.244 e. The maximum absolute atomic E-state index is 12.9. The maximum atomic E-state index is 12.9. The van der Waals surface area contributed by atoms with Gasteiger partial charge < -0.3 is 29.0 Å². The molecule has 1 aliphatic heterocycles. The Labute approximate surface area is 195 Å². The zero-order valence-corrected chi connectivity index (χ0v) is 20.2. The van der Waals surface area contributed by atoms with Gasteiger partial charge in [0.1, 0.15) is 17.5 Å². The van der Waals surface area contributed by atoms with Crippen LogP contribution in [-0.4, -0.2) is 64.7 Å². The standard InChI is InChI=1S/C25H32N2O6/c1-25(2)27(3)19(15-33-25)24(28)26-18-12-16(10-11-20(18)29-4)8-9-17-13-21(30-5)23(32-7)22(14-17)31-6/h8-14,19H,15H2,1-7H3,(H,26,28)/b9-8+. The van der Waals surface area contributed by atoms with Gasteiger partial charge >= 0.3 is 0 Å². The summed E-state index contributed by atoms with van der Waals surface area (Å²) in [4.78, 5) is 14.8. The van der Waals surface area contributed by atoms with Crippen LogP contribution in [0.3, 0.4) is 0 Å². The summed E-state index contributed by atoms with van der Waals surface area (Å²) in [5.74, 6) is 2.12. The Bertz CT molecular complexity index is 1010. The molecule has 0 bridgehead atoms. The Hall–Kier alpha value is -3.23. The van der Waals surface area contributed by atoms with Crippen molar-refractivity contribution in [1.82, 2.24) is 4.90 Å². The first-order valence-corrected chi connectivity index (χ1v) is 10.6. The topological polar surface area (TPSA) is 78.5 Å². The highest BCUT2D eigenvalue weighted by molar-refractivity contribution is 5.97. The highest BCUT2D eigenvalue weighted by Crippen LogP contribution is 2.38. The molecule has 0 saturated carbocycles. The second-order valence-electron chi connectivity index (χ2n) is 8.13. The smallest absolute Gasteiger partial charge is 0.244 e. The van der Waals surface area contributed by atoms with Crippen LogP contribution in [0.1, 0.15) is 25.0 Å². The van der Waals surface area contributed by atoms with E-state index in [0.717, 1.165) is 11.1 Å². The minimum Gasteiger partial charge on any atom is -0.495 e. The molecule has 2 aromatic rings. The minimum absolute atomic E-state index is 0.146. The lowest BCUT2D eigenvalue weighted by Crippen LogP contribution is -2.46. The molecule has 0 aromatic heterocycles. The van der Waals surface area contributed by atoms with Gasteiger partial charge in [0, 0.05) is 0 Å². The van der Waals surface area contributed by atoms with Gasteiger partial charge in [0.25, 0.3) is 0 Å². The summed E-state index contributed by atoms with van der Waals surface area (Å²) in [6, 6.07) is 8.94. The first kappa shape index (κ1) is 24.4. The SMILES string of the molecule is COc1ccc(/C=C/c2cc(OC)c(OC)c(OC)c2)cc1NC(=O)C1COC(C)(C)N1C. The van der Waals surface area contributed by atoms with Crippen LogP contribution in [-0.2, 0) is 9.53 Å². The van der Waals surface area contributed by atoms with Crippen molar-refractivity contribution in [3.8, 4) is 23.0 Å². The number of amides is 1. The van der Waals surface area contributed by atoms with Crippen LogP contribution in [0.25, 0.3) is 12.2 Å². The fraction of sp³-hybridized carbons (Fsp3) is 0.400. The molecule has 2 aromatic carbocycles. The highest BCUT2D eigenvalue weighted by Gasteiger charge is 2.41. The number of nitrogens with zero attached hydrogens (tertiary/aromatic N) is 1. The molecule has 8 heteroatoms. The van der Waals surface area contributed by atoms with Crippen molar-refractivity contribution in [2.24, 2.45) is 0 Å². The van der Waals surface area contributed by atoms with Crippen molar-refractivity contribution in [3.63, 3.8) is 0 Å². The van der Waals surface area contributed by atoms with Gasteiger partial charge in [-0.1, -0.05) is 18.2 Å². The Kier molecular flexibility index (Phi) is 7.50. The van der Waals surface area contributed by atoms with Crippen molar-refractivity contribution >= 4 is 23.7 Å². The molecule has 178 valence electrons. The molecule has 1 fully saturated rings. The van der Waals surface area contributed by atoms with Gasteiger partial charge in [0.2, 0.25) is 11.7 Å². The zero-order chi connectivity index (χ0) is 24.2. The van der Waals surface area contributed by atoms with Crippen molar-refractivity contribution in [3.05, 3.63) is 41.5 Å². The Morgan fingerprint density at radius 2 is 1.58 bits per heavy atom. The Balaban J connectivity index is 1.84. The number of methoxy groups -OCH3 is 4. The number of likely N-dealkylation sites (N-methyl/N-ethyl adjacent to an activating group) is 1. The summed E-state index contributed by atoms with van der Waals surface area (Å²) in [5, 5.41) is 2.99. The summed E-state index contributed by atoms with van der Waals surface area (Å²) < 4.78 is 27.4. The van der Waals surface area contributed by atoms with Crippen LogP contribution in [0, 0.1) is 0 Å². The van der Waals surface area contributed by atoms with Gasteiger partial charge in [-0.25, -0.2) is 0 Å². The fourth-order valence-electron chi connectivity index (χ4n) is 3.66. The lowest BCUT2D eigenvalue weighted by molar-refractivity contribution is -0.120. The average Bonchev–Trinajstić information content (AvgIpc) is 3.09. The summed E-state index contributed by atoms with van der Waals surface area (Å²) in [7, 11) is 8.18. The minimum atomic E-state index is -0.489. The number of hydrogen-bond acceptors (Lipinski definition) is 7. The highest BCUT2D eigenvalue weighted by atomic mass is 16.5. The molecule has 3 rings (SSSR count). The van der Waals surface area contributed by atoms with Gasteiger partial charge in [-0.3, -0.25) is 9.69 Å². The Morgan fingerprint density at radius 3 is 2.09 bits per heavy atom. The predicted molar refractivity (Wildman–Crippen MR) is 128 cm³/mol. The monoisotopic (exact) mass is 456 g/mol. The first-order chi connectivity index (χ1) is 15.7. The van der Waals surface area contributed by atoms with Gasteiger partial charge in [0.15, 0.2) is 11.5 Å². The molecule has 1 atom stereocenters. The molecule has 1 aliphatic rings. The molecule has 0 aliphatic carbocycles. The van der Waals surface area contributed by atoms with E-state index in [2.05, 4.69) is 5.32 Å². The van der Waals surface area contributed by atoms with E-state index in [0.29, 0.717) is 35.3 Å². The van der Waals surface area contributed by atoms with Gasteiger partial charge in [0.05, 0.1) is 40.7 Å². The first-order valence-electron chi connectivity index (χ1n) is 10.6. The second-order valence-corrected chi connectivity index (χ2v) is 8.13. The number of carbonyl (C=O) groups excluding carboxylic acids is 1. The molecule has 1 amide bonds. The van der Waals surface area contributed by atoms with E-state index in [-0.39, 0.29) is 11.9 Å². The van der Waals surface area contributed by atoms with Gasteiger partial charge in [-0.2, -0.15) is 0 Å². The molecular formula is C25H32N2O6. The number of nitrogens with one attached hydrogen (secondary N) is 1. The number of ether oxygens (including phenoxy) is 5. The molecule has 33 heavy (non-hydrogen) atoms. The van der Waals surface area contributed by atoms with Crippen molar-refractivity contribution in [1.29, 1.82) is 0 Å². The number of hydrogen-bond donors (Lipinski definition) is 1. The quantitative estimate of drug-likeness (QED) is 0.604. The zero-order valence-electron chi connectivity index (χ0n) is 20.2. The predicted octanol–water partition coefficient (Wildman–Crippen LogP) is 3.90.